The van der Waals surface area contributed by atoms with E-state index in [1.807, 2.05) is 42.5 Å². The second kappa shape index (κ2) is 10.3. The van der Waals surface area contributed by atoms with Crippen LogP contribution in [0.25, 0.3) is 5.69 Å². The van der Waals surface area contributed by atoms with Crippen molar-refractivity contribution in [3.8, 4) is 5.69 Å². The van der Waals surface area contributed by atoms with Gasteiger partial charge in [0.25, 0.3) is 0 Å². The van der Waals surface area contributed by atoms with Crippen LogP contribution in [0.4, 0.5) is 11.4 Å². The van der Waals surface area contributed by atoms with Crippen molar-refractivity contribution < 1.29 is 4.79 Å². The Kier molecular flexibility index (Phi) is 7.21. The summed E-state index contributed by atoms with van der Waals surface area (Å²) < 4.78 is 2.61. The fourth-order valence-electron chi connectivity index (χ4n) is 3.49. The zero-order valence-electron chi connectivity index (χ0n) is 17.2. The van der Waals surface area contributed by atoms with Gasteiger partial charge >= 0.3 is 0 Å². The van der Waals surface area contributed by atoms with Gasteiger partial charge in [0.05, 0.1) is 22.8 Å². The predicted octanol–water partition coefficient (Wildman–Crippen LogP) is 3.30. The Morgan fingerprint density at radius 3 is 2.58 bits per heavy atom. The van der Waals surface area contributed by atoms with E-state index in [-0.39, 0.29) is 11.7 Å². The molecular weight excluding hydrogens is 478 g/mol. The predicted molar refractivity (Wildman–Crippen MR) is 127 cm³/mol. The van der Waals surface area contributed by atoms with Gasteiger partial charge in [0.2, 0.25) is 11.1 Å². The fraction of sp³-hybridized carbons (Fsp3) is 0.333. The number of hydrogen-bond donors (Lipinski definition) is 1. The monoisotopic (exact) mass is 501 g/mol. The molecule has 1 fully saturated rings. The molecule has 4 rings (SSSR count). The molecule has 3 aromatic rings. The number of anilines is 2. The third-order valence-electron chi connectivity index (χ3n) is 5.18. The van der Waals surface area contributed by atoms with Gasteiger partial charge in [-0.25, -0.2) is 0 Å². The summed E-state index contributed by atoms with van der Waals surface area (Å²) >= 11 is 4.73. The van der Waals surface area contributed by atoms with Gasteiger partial charge in [-0.2, -0.15) is 4.68 Å². The Hall–Kier alpha value is -2.43. The van der Waals surface area contributed by atoms with E-state index in [1.54, 1.807) is 4.68 Å². The Balaban J connectivity index is 1.39. The van der Waals surface area contributed by atoms with Gasteiger partial charge in [-0.1, -0.05) is 46.7 Å². The third kappa shape index (κ3) is 5.44. The number of thioether (sulfide) groups is 1. The number of amides is 1. The summed E-state index contributed by atoms with van der Waals surface area (Å²) in [6, 6.07) is 15.7. The fourth-order valence-corrected chi connectivity index (χ4v) is 4.44. The highest BCUT2D eigenvalue weighted by Crippen LogP contribution is 2.27. The van der Waals surface area contributed by atoms with Crippen LogP contribution in [-0.4, -0.2) is 69.5 Å². The van der Waals surface area contributed by atoms with E-state index in [0.717, 1.165) is 54.3 Å². The lowest BCUT2D eigenvalue weighted by atomic mass is 10.2. The molecule has 0 spiro atoms. The van der Waals surface area contributed by atoms with Gasteiger partial charge in [0.1, 0.15) is 0 Å². The molecule has 2 heterocycles. The Bertz CT molecular complexity index is 1020. The zero-order valence-corrected chi connectivity index (χ0v) is 19.6. The number of nitrogens with one attached hydrogen (secondary N) is 1. The lowest BCUT2D eigenvalue weighted by Gasteiger charge is -2.36. The molecule has 0 saturated carbocycles. The number of carbonyl (C=O) groups excluding carboxylic acids is 1. The topological polar surface area (TPSA) is 79.2 Å². The van der Waals surface area contributed by atoms with E-state index in [1.165, 1.54) is 11.8 Å². The highest BCUT2D eigenvalue weighted by Gasteiger charge is 2.19. The van der Waals surface area contributed by atoms with Crippen LogP contribution in [0.15, 0.2) is 58.2 Å². The summed E-state index contributed by atoms with van der Waals surface area (Å²) in [6.45, 7) is 7.24. The Morgan fingerprint density at radius 2 is 1.84 bits per heavy atom. The van der Waals surface area contributed by atoms with E-state index >= 15 is 0 Å². The molecule has 8 nitrogen and oxygen atoms in total. The molecule has 10 heteroatoms. The van der Waals surface area contributed by atoms with Crippen molar-refractivity contribution in [3.63, 3.8) is 0 Å². The van der Waals surface area contributed by atoms with Crippen LogP contribution in [0, 0.1) is 0 Å². The minimum absolute atomic E-state index is 0.0880. The number of piperazine rings is 1. The van der Waals surface area contributed by atoms with E-state index in [9.17, 15) is 4.79 Å². The maximum atomic E-state index is 12.7. The van der Waals surface area contributed by atoms with Gasteiger partial charge < -0.3 is 15.1 Å². The SMILES string of the molecule is CCN1CCN(c2ccccc2NC(=O)CSc2nnnn2-c2ccc(Br)cc2)CC1. The van der Waals surface area contributed by atoms with E-state index < -0.39 is 0 Å². The molecule has 1 aliphatic rings. The molecule has 0 aliphatic carbocycles. The number of likely N-dealkylation sites (N-methyl/N-ethyl adjacent to an activating group) is 1. The Labute approximate surface area is 194 Å². The summed E-state index contributed by atoms with van der Waals surface area (Å²) in [7, 11) is 0. The molecule has 1 aromatic heterocycles. The van der Waals surface area contributed by atoms with Gasteiger partial charge in [-0.3, -0.25) is 4.79 Å². The lowest BCUT2D eigenvalue weighted by molar-refractivity contribution is -0.113. The van der Waals surface area contributed by atoms with Crippen LogP contribution < -0.4 is 10.2 Å². The third-order valence-corrected chi connectivity index (χ3v) is 6.63. The molecule has 31 heavy (non-hydrogen) atoms. The molecule has 0 bridgehead atoms. The maximum Gasteiger partial charge on any atom is 0.234 e. The number of para-hydroxylation sites is 2. The van der Waals surface area contributed by atoms with E-state index in [2.05, 4.69) is 59.6 Å². The molecular formula is C21H24BrN7OS. The summed E-state index contributed by atoms with van der Waals surface area (Å²) in [5.41, 5.74) is 2.74. The summed E-state index contributed by atoms with van der Waals surface area (Å²) in [6.07, 6.45) is 0. The number of hydrogen-bond acceptors (Lipinski definition) is 7. The van der Waals surface area contributed by atoms with Crippen molar-refractivity contribution in [1.82, 2.24) is 25.1 Å². The standard InChI is InChI=1S/C21H24BrN7OS/c1-2-27-11-13-28(14-12-27)19-6-4-3-5-18(19)23-20(30)15-31-21-24-25-26-29(21)17-9-7-16(22)8-10-17/h3-10H,2,11-15H2,1H3,(H,23,30). The first-order valence-corrected chi connectivity index (χ1v) is 11.9. The molecule has 1 aliphatic heterocycles. The molecule has 2 aromatic carbocycles. The van der Waals surface area contributed by atoms with Gasteiger partial charge in [-0.15, -0.1) is 5.10 Å². The van der Waals surface area contributed by atoms with E-state index in [4.69, 9.17) is 0 Å². The number of halogens is 1. The second-order valence-corrected chi connectivity index (χ2v) is 8.98. The van der Waals surface area contributed by atoms with Gasteiger partial charge in [0, 0.05) is 30.7 Å². The highest BCUT2D eigenvalue weighted by molar-refractivity contribution is 9.10. The largest absolute Gasteiger partial charge is 0.367 e. The minimum Gasteiger partial charge on any atom is -0.367 e. The van der Waals surface area contributed by atoms with Crippen LogP contribution in [0.1, 0.15) is 6.92 Å². The number of rotatable bonds is 7. The van der Waals surface area contributed by atoms with Crippen LogP contribution >= 0.6 is 27.7 Å². The van der Waals surface area contributed by atoms with Crippen molar-refractivity contribution in [2.24, 2.45) is 0 Å². The summed E-state index contributed by atoms with van der Waals surface area (Å²) in [4.78, 5) is 17.5. The molecule has 1 saturated heterocycles. The van der Waals surface area contributed by atoms with Crippen molar-refractivity contribution in [2.45, 2.75) is 12.1 Å². The van der Waals surface area contributed by atoms with E-state index in [0.29, 0.717) is 5.16 Å². The minimum atomic E-state index is -0.0880. The first-order chi connectivity index (χ1) is 15.1. The summed E-state index contributed by atoms with van der Waals surface area (Å²) in [5.74, 6) is 0.129. The number of aromatic nitrogens is 4. The summed E-state index contributed by atoms with van der Waals surface area (Å²) in [5, 5.41) is 15.5. The van der Waals surface area contributed by atoms with Crippen LogP contribution in [0.3, 0.4) is 0 Å². The van der Waals surface area contributed by atoms with Crippen LogP contribution in [0.5, 0.6) is 0 Å². The number of carbonyl (C=O) groups is 1. The number of nitrogens with zero attached hydrogens (tertiary/aromatic N) is 6. The molecule has 1 amide bonds. The molecule has 162 valence electrons. The number of tetrazole rings is 1. The highest BCUT2D eigenvalue weighted by atomic mass is 79.9. The molecule has 0 atom stereocenters. The van der Waals surface area contributed by atoms with Crippen LogP contribution in [-0.2, 0) is 4.79 Å². The van der Waals surface area contributed by atoms with Gasteiger partial charge in [-0.05, 0) is 53.4 Å². The maximum absolute atomic E-state index is 12.7. The zero-order chi connectivity index (χ0) is 21.6. The van der Waals surface area contributed by atoms with Crippen LogP contribution in [0.2, 0.25) is 0 Å². The average Bonchev–Trinajstić information content (AvgIpc) is 3.27. The van der Waals surface area contributed by atoms with Crippen molar-refractivity contribution in [2.75, 3.05) is 48.7 Å². The lowest BCUT2D eigenvalue weighted by Crippen LogP contribution is -2.46. The first-order valence-electron chi connectivity index (χ1n) is 10.2. The first kappa shape index (κ1) is 21.8. The average molecular weight is 502 g/mol. The van der Waals surface area contributed by atoms with Crippen molar-refractivity contribution in [3.05, 3.63) is 53.0 Å². The molecule has 0 unspecified atom stereocenters. The number of benzene rings is 2. The Morgan fingerprint density at radius 1 is 1.10 bits per heavy atom. The van der Waals surface area contributed by atoms with Crippen molar-refractivity contribution in [1.29, 1.82) is 0 Å². The quantitative estimate of drug-likeness (QED) is 0.497. The van der Waals surface area contributed by atoms with Crippen molar-refractivity contribution >= 4 is 45.0 Å². The molecule has 0 radical (unpaired) electrons. The molecule has 1 N–H and O–H groups in total. The second-order valence-electron chi connectivity index (χ2n) is 7.12. The van der Waals surface area contributed by atoms with Gasteiger partial charge in [0.15, 0.2) is 0 Å². The normalized spacial score (nSPS) is 14.6. The smallest absolute Gasteiger partial charge is 0.234 e.